The first-order valence-electron chi connectivity index (χ1n) is 7.87. The van der Waals surface area contributed by atoms with Gasteiger partial charge in [0.05, 0.1) is 5.52 Å². The molecule has 0 saturated heterocycles. The molecule has 2 rings (SSSR count). The number of aryl methyl sites for hydroxylation is 2. The van der Waals surface area contributed by atoms with E-state index in [-0.39, 0.29) is 0 Å². The van der Waals surface area contributed by atoms with Gasteiger partial charge in [0.2, 0.25) is 0 Å². The van der Waals surface area contributed by atoms with E-state index in [1.807, 2.05) is 0 Å². The van der Waals surface area contributed by atoms with Crippen LogP contribution in [0.4, 0.5) is 5.69 Å². The maximum absolute atomic E-state index is 4.77. The third-order valence-electron chi connectivity index (χ3n) is 3.88. The minimum atomic E-state index is 0.949. The van der Waals surface area contributed by atoms with E-state index in [9.17, 15) is 0 Å². The molecule has 0 bridgehead atoms. The predicted molar refractivity (Wildman–Crippen MR) is 88.6 cm³/mol. The molecule has 0 aliphatic carbocycles. The normalized spacial score (nSPS) is 11.0. The van der Waals surface area contributed by atoms with Crippen molar-refractivity contribution in [2.75, 3.05) is 11.9 Å². The summed E-state index contributed by atoms with van der Waals surface area (Å²) in [7, 11) is 0. The smallest absolute Gasteiger partial charge is 0.0726 e. The highest BCUT2D eigenvalue weighted by Gasteiger charge is 2.11. The number of hydrogen-bond donors (Lipinski definition) is 1. The lowest BCUT2D eigenvalue weighted by atomic mass is 10.0. The quantitative estimate of drug-likeness (QED) is 0.809. The van der Waals surface area contributed by atoms with E-state index in [1.54, 1.807) is 0 Å². The average molecular weight is 270 g/mol. The summed E-state index contributed by atoms with van der Waals surface area (Å²) in [5, 5.41) is 4.83. The van der Waals surface area contributed by atoms with Gasteiger partial charge < -0.3 is 5.32 Å². The number of aromatic nitrogens is 1. The molecule has 2 heteroatoms. The average Bonchev–Trinajstić information content (AvgIpc) is 2.45. The molecule has 0 atom stereocenters. The van der Waals surface area contributed by atoms with Crippen molar-refractivity contribution in [1.82, 2.24) is 4.98 Å². The van der Waals surface area contributed by atoms with E-state index < -0.39 is 0 Å². The Kier molecular flexibility index (Phi) is 4.99. The van der Waals surface area contributed by atoms with Crippen LogP contribution in [0.15, 0.2) is 18.2 Å². The molecule has 0 radical (unpaired) electrons. The zero-order valence-electron chi connectivity index (χ0n) is 13.2. The van der Waals surface area contributed by atoms with Crippen LogP contribution in [0, 0.1) is 6.92 Å². The zero-order chi connectivity index (χ0) is 14.5. The molecule has 0 spiro atoms. The Balaban J connectivity index is 2.58. The monoisotopic (exact) mass is 270 g/mol. The SMILES string of the molecule is CCCCc1ccc2nc(C)c(CC)c(NCC)c2c1. The van der Waals surface area contributed by atoms with Gasteiger partial charge in [0, 0.05) is 23.3 Å². The second-order valence-corrected chi connectivity index (χ2v) is 5.39. The summed E-state index contributed by atoms with van der Waals surface area (Å²) in [4.78, 5) is 4.77. The molecule has 20 heavy (non-hydrogen) atoms. The van der Waals surface area contributed by atoms with Gasteiger partial charge in [-0.25, -0.2) is 0 Å². The third kappa shape index (κ3) is 2.95. The van der Waals surface area contributed by atoms with Crippen molar-refractivity contribution in [1.29, 1.82) is 0 Å². The second kappa shape index (κ2) is 6.74. The molecule has 0 saturated carbocycles. The van der Waals surface area contributed by atoms with Crippen LogP contribution in [-0.4, -0.2) is 11.5 Å². The van der Waals surface area contributed by atoms with Crippen LogP contribution in [0.5, 0.6) is 0 Å². The molecule has 108 valence electrons. The van der Waals surface area contributed by atoms with E-state index in [0.717, 1.165) is 30.6 Å². The predicted octanol–water partition coefficient (Wildman–Crippen LogP) is 4.88. The molecule has 0 amide bonds. The van der Waals surface area contributed by atoms with Gasteiger partial charge >= 0.3 is 0 Å². The van der Waals surface area contributed by atoms with Gasteiger partial charge in [0.1, 0.15) is 0 Å². The van der Waals surface area contributed by atoms with E-state index in [0.29, 0.717) is 0 Å². The van der Waals surface area contributed by atoms with Crippen molar-refractivity contribution in [3.8, 4) is 0 Å². The van der Waals surface area contributed by atoms with Crippen molar-refractivity contribution < 1.29 is 0 Å². The number of anilines is 1. The van der Waals surface area contributed by atoms with Gasteiger partial charge in [0.15, 0.2) is 0 Å². The standard InChI is InChI=1S/C18H26N2/c1-5-8-9-14-10-11-17-16(12-14)18(19-7-3)15(6-2)13(4)20-17/h10-12H,5-9H2,1-4H3,(H,19,20). The van der Waals surface area contributed by atoms with Crippen LogP contribution in [0.3, 0.4) is 0 Å². The fourth-order valence-electron chi connectivity index (χ4n) is 2.82. The molecule has 2 nitrogen and oxygen atoms in total. The zero-order valence-corrected chi connectivity index (χ0v) is 13.2. The van der Waals surface area contributed by atoms with Crippen LogP contribution in [-0.2, 0) is 12.8 Å². The second-order valence-electron chi connectivity index (χ2n) is 5.39. The summed E-state index contributed by atoms with van der Waals surface area (Å²) in [6.45, 7) is 9.67. The summed E-state index contributed by atoms with van der Waals surface area (Å²) in [6.07, 6.45) is 4.68. The number of fused-ring (bicyclic) bond motifs is 1. The van der Waals surface area contributed by atoms with Gasteiger partial charge in [0.25, 0.3) is 0 Å². The van der Waals surface area contributed by atoms with Crippen LogP contribution in [0.1, 0.15) is 50.4 Å². The van der Waals surface area contributed by atoms with Crippen LogP contribution < -0.4 is 5.32 Å². The van der Waals surface area contributed by atoms with Crippen molar-refractivity contribution in [2.45, 2.75) is 53.4 Å². The molecule has 2 aromatic rings. The maximum atomic E-state index is 4.77. The number of hydrogen-bond acceptors (Lipinski definition) is 2. The molecule has 1 heterocycles. The number of rotatable bonds is 6. The summed E-state index contributed by atoms with van der Waals surface area (Å²) in [5.41, 5.74) is 6.32. The molecular weight excluding hydrogens is 244 g/mol. The first-order valence-corrected chi connectivity index (χ1v) is 7.87. The Morgan fingerprint density at radius 1 is 1.15 bits per heavy atom. The molecule has 0 aliphatic heterocycles. The highest BCUT2D eigenvalue weighted by molar-refractivity contribution is 5.94. The fourth-order valence-corrected chi connectivity index (χ4v) is 2.82. The van der Waals surface area contributed by atoms with Crippen LogP contribution >= 0.6 is 0 Å². The van der Waals surface area contributed by atoms with Crippen LogP contribution in [0.25, 0.3) is 10.9 Å². The lowest BCUT2D eigenvalue weighted by Gasteiger charge is -2.16. The van der Waals surface area contributed by atoms with E-state index in [4.69, 9.17) is 4.98 Å². The van der Waals surface area contributed by atoms with Gasteiger partial charge in [-0.2, -0.15) is 0 Å². The lowest BCUT2D eigenvalue weighted by molar-refractivity contribution is 0.796. The van der Waals surface area contributed by atoms with Gasteiger partial charge in [-0.3, -0.25) is 4.98 Å². The topological polar surface area (TPSA) is 24.9 Å². The highest BCUT2D eigenvalue weighted by Crippen LogP contribution is 2.30. The first kappa shape index (κ1) is 14.8. The largest absolute Gasteiger partial charge is 0.384 e. The number of nitrogens with zero attached hydrogens (tertiary/aromatic N) is 1. The number of pyridine rings is 1. The van der Waals surface area contributed by atoms with Crippen molar-refractivity contribution in [3.63, 3.8) is 0 Å². The number of benzene rings is 1. The number of unbranched alkanes of at least 4 members (excludes halogenated alkanes) is 1. The van der Waals surface area contributed by atoms with Crippen molar-refractivity contribution in [3.05, 3.63) is 35.0 Å². The summed E-state index contributed by atoms with van der Waals surface area (Å²) in [5.74, 6) is 0. The Morgan fingerprint density at radius 2 is 1.95 bits per heavy atom. The Hall–Kier alpha value is -1.57. The molecule has 0 aliphatic rings. The Morgan fingerprint density at radius 3 is 2.60 bits per heavy atom. The molecule has 1 aromatic carbocycles. The van der Waals surface area contributed by atoms with Gasteiger partial charge in [-0.05, 0) is 56.4 Å². The van der Waals surface area contributed by atoms with Crippen LogP contribution in [0.2, 0.25) is 0 Å². The number of nitrogens with one attached hydrogen (secondary N) is 1. The van der Waals surface area contributed by atoms with Crippen molar-refractivity contribution >= 4 is 16.6 Å². The fraction of sp³-hybridized carbons (Fsp3) is 0.500. The Bertz CT molecular complexity index is 587. The molecule has 0 fully saturated rings. The highest BCUT2D eigenvalue weighted by atomic mass is 14.9. The van der Waals surface area contributed by atoms with E-state index >= 15 is 0 Å². The van der Waals surface area contributed by atoms with Gasteiger partial charge in [-0.15, -0.1) is 0 Å². The minimum absolute atomic E-state index is 0.949. The summed E-state index contributed by atoms with van der Waals surface area (Å²) in [6, 6.07) is 6.73. The molecule has 0 unspecified atom stereocenters. The van der Waals surface area contributed by atoms with Crippen molar-refractivity contribution in [2.24, 2.45) is 0 Å². The molecular formula is C18H26N2. The maximum Gasteiger partial charge on any atom is 0.0726 e. The first-order chi connectivity index (χ1) is 9.71. The minimum Gasteiger partial charge on any atom is -0.384 e. The summed E-state index contributed by atoms with van der Waals surface area (Å²) < 4.78 is 0. The third-order valence-corrected chi connectivity index (χ3v) is 3.88. The Labute approximate surface area is 122 Å². The van der Waals surface area contributed by atoms with E-state index in [2.05, 4.69) is 51.2 Å². The summed E-state index contributed by atoms with van der Waals surface area (Å²) >= 11 is 0. The lowest BCUT2D eigenvalue weighted by Crippen LogP contribution is -2.05. The van der Waals surface area contributed by atoms with Gasteiger partial charge in [-0.1, -0.05) is 26.3 Å². The molecule has 1 aromatic heterocycles. The molecule has 1 N–H and O–H groups in total. The van der Waals surface area contributed by atoms with E-state index in [1.165, 1.54) is 35.0 Å².